The van der Waals surface area contributed by atoms with Gasteiger partial charge in [-0.2, -0.15) is 0 Å². The average molecular weight is 198 g/mol. The van der Waals surface area contributed by atoms with Crippen LogP contribution in [0.25, 0.3) is 11.6 Å². The van der Waals surface area contributed by atoms with E-state index in [1.807, 2.05) is 24.3 Å². The molecule has 0 saturated heterocycles. The molecular weight excluding hydrogens is 180 g/mol. The van der Waals surface area contributed by atoms with Crippen LogP contribution in [0.4, 0.5) is 0 Å². The van der Waals surface area contributed by atoms with E-state index >= 15 is 0 Å². The Hall–Kier alpha value is -1.56. The summed E-state index contributed by atoms with van der Waals surface area (Å²) in [5, 5.41) is 2.46. The molecule has 1 aromatic carbocycles. The van der Waals surface area contributed by atoms with Crippen molar-refractivity contribution in [2.75, 3.05) is 0 Å². The van der Waals surface area contributed by atoms with Crippen LogP contribution in [0.2, 0.25) is 0 Å². The SMILES string of the molecule is C=C/C=c1/cccc/c1=C(/C=C)C(C)C. The average Bonchev–Trinajstić information content (AvgIpc) is 2.21. The summed E-state index contributed by atoms with van der Waals surface area (Å²) in [4.78, 5) is 0. The fourth-order valence-corrected chi connectivity index (χ4v) is 1.69. The number of hydrogen-bond acceptors (Lipinski definition) is 0. The minimum Gasteiger partial charge on any atom is -0.0990 e. The predicted octanol–water partition coefficient (Wildman–Crippen LogP) is 2.65. The van der Waals surface area contributed by atoms with Gasteiger partial charge in [0.05, 0.1) is 0 Å². The second kappa shape index (κ2) is 5.35. The molecule has 0 nitrogen and oxygen atoms in total. The van der Waals surface area contributed by atoms with Crippen molar-refractivity contribution in [3.63, 3.8) is 0 Å². The molecule has 0 radical (unpaired) electrons. The molecule has 0 saturated carbocycles. The Morgan fingerprint density at radius 1 is 1.20 bits per heavy atom. The summed E-state index contributed by atoms with van der Waals surface area (Å²) in [6, 6.07) is 8.33. The minimum absolute atomic E-state index is 0.488. The lowest BCUT2D eigenvalue weighted by Crippen LogP contribution is -2.27. The van der Waals surface area contributed by atoms with E-state index in [1.54, 1.807) is 0 Å². The predicted molar refractivity (Wildman–Crippen MR) is 68.8 cm³/mol. The second-order valence-corrected chi connectivity index (χ2v) is 3.80. The highest BCUT2D eigenvalue weighted by Gasteiger charge is 1.99. The maximum absolute atomic E-state index is 3.88. The summed E-state index contributed by atoms with van der Waals surface area (Å²) in [5.74, 6) is 0.488. The van der Waals surface area contributed by atoms with E-state index in [0.29, 0.717) is 5.92 Å². The largest absolute Gasteiger partial charge is 0.0990 e. The zero-order chi connectivity index (χ0) is 11.3. The maximum atomic E-state index is 3.88. The van der Waals surface area contributed by atoms with Crippen LogP contribution in [0, 0.1) is 5.92 Å². The molecule has 1 aromatic rings. The van der Waals surface area contributed by atoms with Crippen molar-refractivity contribution in [3.05, 3.63) is 60.0 Å². The van der Waals surface area contributed by atoms with Gasteiger partial charge in [-0.3, -0.25) is 0 Å². The fraction of sp³-hybridized carbons (Fsp3) is 0.200. The van der Waals surface area contributed by atoms with Crippen LogP contribution in [-0.4, -0.2) is 0 Å². The lowest BCUT2D eigenvalue weighted by Gasteiger charge is -2.06. The van der Waals surface area contributed by atoms with E-state index < -0.39 is 0 Å². The molecule has 78 valence electrons. The molecule has 0 bridgehead atoms. The molecule has 0 atom stereocenters. The van der Waals surface area contributed by atoms with E-state index in [1.165, 1.54) is 16.0 Å². The third kappa shape index (κ3) is 2.69. The number of benzene rings is 1. The molecule has 0 aliphatic heterocycles. The van der Waals surface area contributed by atoms with Crippen molar-refractivity contribution in [3.8, 4) is 0 Å². The summed E-state index contributed by atoms with van der Waals surface area (Å²) in [7, 11) is 0. The normalized spacial score (nSPS) is 13.9. The van der Waals surface area contributed by atoms with Crippen LogP contribution in [0.1, 0.15) is 13.8 Å². The molecule has 0 fully saturated rings. The molecule has 0 aliphatic rings. The molecule has 0 heterocycles. The van der Waals surface area contributed by atoms with Gasteiger partial charge in [-0.15, -0.1) is 0 Å². The molecule has 0 aliphatic carbocycles. The summed E-state index contributed by atoms with van der Waals surface area (Å²) < 4.78 is 0. The number of hydrogen-bond donors (Lipinski definition) is 0. The Balaban J connectivity index is 3.67. The summed E-state index contributed by atoms with van der Waals surface area (Å²) in [5.41, 5.74) is 1.28. The van der Waals surface area contributed by atoms with Gasteiger partial charge >= 0.3 is 0 Å². The van der Waals surface area contributed by atoms with Crippen molar-refractivity contribution in [2.24, 2.45) is 5.92 Å². The third-order valence-electron chi connectivity index (χ3n) is 2.41. The highest BCUT2D eigenvalue weighted by Crippen LogP contribution is 2.08. The molecule has 0 N–H and O–H groups in total. The van der Waals surface area contributed by atoms with Crippen LogP contribution in [0.5, 0.6) is 0 Å². The summed E-state index contributed by atoms with van der Waals surface area (Å²) in [6.45, 7) is 12.0. The number of rotatable bonds is 3. The van der Waals surface area contributed by atoms with Gasteiger partial charge in [0, 0.05) is 0 Å². The lowest BCUT2D eigenvalue weighted by atomic mass is 9.99. The van der Waals surface area contributed by atoms with Gasteiger partial charge in [-0.05, 0) is 21.9 Å². The monoisotopic (exact) mass is 198 g/mol. The van der Waals surface area contributed by atoms with Crippen molar-refractivity contribution in [2.45, 2.75) is 13.8 Å². The Bertz CT molecular complexity index is 461. The quantitative estimate of drug-likeness (QED) is 0.700. The van der Waals surface area contributed by atoms with Crippen LogP contribution in [0.3, 0.4) is 0 Å². The Kier molecular flexibility index (Phi) is 4.11. The van der Waals surface area contributed by atoms with E-state index in [2.05, 4.69) is 45.2 Å². The van der Waals surface area contributed by atoms with Gasteiger partial charge in [0.15, 0.2) is 0 Å². The van der Waals surface area contributed by atoms with Crippen molar-refractivity contribution >= 4 is 11.6 Å². The zero-order valence-electron chi connectivity index (χ0n) is 9.53. The first-order valence-electron chi connectivity index (χ1n) is 5.25. The molecule has 0 aromatic heterocycles. The first-order valence-corrected chi connectivity index (χ1v) is 5.25. The Labute approximate surface area is 92.0 Å². The van der Waals surface area contributed by atoms with E-state index in [0.717, 1.165) is 0 Å². The third-order valence-corrected chi connectivity index (χ3v) is 2.41. The summed E-state index contributed by atoms with van der Waals surface area (Å²) >= 11 is 0. The van der Waals surface area contributed by atoms with Crippen molar-refractivity contribution < 1.29 is 0 Å². The first-order chi connectivity index (χ1) is 7.20. The summed E-state index contributed by atoms with van der Waals surface area (Å²) in [6.07, 6.45) is 5.79. The Morgan fingerprint density at radius 3 is 2.40 bits per heavy atom. The standard InChI is InChI=1S/C15H18/c1-5-9-13-10-7-8-11-15(13)14(6-2)12(3)4/h5-12H,1-2H2,3-4H3/b13-9-,15-14+. The van der Waals surface area contributed by atoms with Crippen molar-refractivity contribution in [1.29, 1.82) is 0 Å². The number of allylic oxidation sites excluding steroid dienone is 2. The molecule has 0 spiro atoms. The second-order valence-electron chi connectivity index (χ2n) is 3.80. The van der Waals surface area contributed by atoms with Crippen LogP contribution in [-0.2, 0) is 0 Å². The Morgan fingerprint density at radius 2 is 1.87 bits per heavy atom. The highest BCUT2D eigenvalue weighted by atomic mass is 14.0. The van der Waals surface area contributed by atoms with Crippen molar-refractivity contribution in [1.82, 2.24) is 0 Å². The first kappa shape index (κ1) is 11.5. The fourth-order valence-electron chi connectivity index (χ4n) is 1.69. The maximum Gasteiger partial charge on any atom is -0.0150 e. The molecule has 1 rings (SSSR count). The van der Waals surface area contributed by atoms with Gasteiger partial charge < -0.3 is 0 Å². The van der Waals surface area contributed by atoms with Gasteiger partial charge in [-0.1, -0.05) is 69.5 Å². The highest BCUT2D eigenvalue weighted by molar-refractivity contribution is 5.58. The molecule has 0 heteroatoms. The molecule has 0 unspecified atom stereocenters. The van der Waals surface area contributed by atoms with Gasteiger partial charge in [0.25, 0.3) is 0 Å². The minimum atomic E-state index is 0.488. The molecule has 15 heavy (non-hydrogen) atoms. The van der Waals surface area contributed by atoms with Gasteiger partial charge in [-0.25, -0.2) is 0 Å². The van der Waals surface area contributed by atoms with E-state index in [9.17, 15) is 0 Å². The van der Waals surface area contributed by atoms with E-state index in [4.69, 9.17) is 0 Å². The smallest absolute Gasteiger partial charge is 0.0150 e. The van der Waals surface area contributed by atoms with Crippen LogP contribution >= 0.6 is 0 Å². The van der Waals surface area contributed by atoms with Crippen LogP contribution in [0.15, 0.2) is 49.6 Å². The van der Waals surface area contributed by atoms with Gasteiger partial charge in [0.1, 0.15) is 0 Å². The lowest BCUT2D eigenvalue weighted by molar-refractivity contribution is 0.855. The zero-order valence-corrected chi connectivity index (χ0v) is 9.53. The molecule has 0 amide bonds. The van der Waals surface area contributed by atoms with Crippen LogP contribution < -0.4 is 10.4 Å². The topological polar surface area (TPSA) is 0 Å². The van der Waals surface area contributed by atoms with E-state index in [-0.39, 0.29) is 0 Å². The van der Waals surface area contributed by atoms with Gasteiger partial charge in [0.2, 0.25) is 0 Å². The molecular formula is C15H18.